The average molecular weight is 240 g/mol. The summed E-state index contributed by atoms with van der Waals surface area (Å²) in [5.41, 5.74) is -0.0275. The molecule has 0 saturated carbocycles. The molecule has 0 aliphatic heterocycles. The molecule has 3 nitrogen and oxygen atoms in total. The van der Waals surface area contributed by atoms with Gasteiger partial charge in [-0.2, -0.15) is 0 Å². The van der Waals surface area contributed by atoms with Crippen molar-refractivity contribution in [2.75, 3.05) is 5.75 Å². The van der Waals surface area contributed by atoms with Crippen LogP contribution in [-0.4, -0.2) is 15.7 Å². The van der Waals surface area contributed by atoms with Gasteiger partial charge in [0, 0.05) is 5.75 Å². The number of aromatic amines is 1. The molecule has 0 aliphatic rings. The van der Waals surface area contributed by atoms with Crippen LogP contribution in [0, 0.1) is 0 Å². The Morgan fingerprint density at radius 2 is 2.47 bits per heavy atom. The standard InChI is InChI=1S/C10H12N2OS2/c1-2-3-5-15-10-11-8(13)7-4-6-14-9(7)12-10/h4,6H,2-3,5H2,1H3,(H,11,12,13). The fourth-order valence-electron chi connectivity index (χ4n) is 1.23. The van der Waals surface area contributed by atoms with Gasteiger partial charge in [-0.15, -0.1) is 11.3 Å². The van der Waals surface area contributed by atoms with E-state index in [1.165, 1.54) is 17.8 Å². The van der Waals surface area contributed by atoms with Crippen LogP contribution in [0.1, 0.15) is 19.8 Å². The molecule has 0 amide bonds. The van der Waals surface area contributed by atoms with Crippen molar-refractivity contribution in [3.8, 4) is 0 Å². The van der Waals surface area contributed by atoms with E-state index in [4.69, 9.17) is 0 Å². The Bertz CT molecular complexity index is 503. The molecule has 2 aromatic rings. The Morgan fingerprint density at radius 3 is 3.27 bits per heavy atom. The molecule has 5 heteroatoms. The third-order valence-electron chi connectivity index (χ3n) is 2.05. The summed E-state index contributed by atoms with van der Waals surface area (Å²) in [6.45, 7) is 2.15. The summed E-state index contributed by atoms with van der Waals surface area (Å²) in [7, 11) is 0. The molecule has 0 bridgehead atoms. The Hall–Kier alpha value is -0.810. The number of rotatable bonds is 4. The Labute approximate surface area is 95.9 Å². The highest BCUT2D eigenvalue weighted by Gasteiger charge is 2.04. The van der Waals surface area contributed by atoms with Gasteiger partial charge in [0.15, 0.2) is 5.16 Å². The third-order valence-corrected chi connectivity index (χ3v) is 3.82. The van der Waals surface area contributed by atoms with Crippen molar-refractivity contribution in [3.05, 3.63) is 21.8 Å². The molecule has 0 fully saturated rings. The van der Waals surface area contributed by atoms with Crippen LogP contribution in [0.25, 0.3) is 10.2 Å². The molecule has 1 N–H and O–H groups in total. The Morgan fingerprint density at radius 1 is 1.60 bits per heavy atom. The van der Waals surface area contributed by atoms with Gasteiger partial charge in [-0.1, -0.05) is 25.1 Å². The molecular weight excluding hydrogens is 228 g/mol. The van der Waals surface area contributed by atoms with Crippen LogP contribution < -0.4 is 5.56 Å². The minimum Gasteiger partial charge on any atom is -0.301 e. The zero-order valence-corrected chi connectivity index (χ0v) is 10.1. The molecule has 80 valence electrons. The van der Waals surface area contributed by atoms with Crippen LogP contribution in [-0.2, 0) is 0 Å². The van der Waals surface area contributed by atoms with Crippen LogP contribution in [0.3, 0.4) is 0 Å². The van der Waals surface area contributed by atoms with Gasteiger partial charge in [0.1, 0.15) is 4.83 Å². The Kier molecular flexibility index (Phi) is 3.43. The number of thiophene rings is 1. The first kappa shape index (κ1) is 10.7. The maximum absolute atomic E-state index is 11.6. The zero-order chi connectivity index (χ0) is 10.7. The highest BCUT2D eigenvalue weighted by atomic mass is 32.2. The molecule has 0 saturated heterocycles. The summed E-state index contributed by atoms with van der Waals surface area (Å²) in [5, 5.41) is 3.33. The fourth-order valence-corrected chi connectivity index (χ4v) is 3.00. The van der Waals surface area contributed by atoms with Gasteiger partial charge in [0.25, 0.3) is 5.56 Å². The maximum Gasteiger partial charge on any atom is 0.260 e. The number of nitrogens with one attached hydrogen (secondary N) is 1. The topological polar surface area (TPSA) is 45.8 Å². The first-order chi connectivity index (χ1) is 7.31. The second-order valence-corrected chi connectivity index (χ2v) is 5.19. The molecule has 0 radical (unpaired) electrons. The van der Waals surface area contributed by atoms with Gasteiger partial charge in [-0.05, 0) is 17.9 Å². The summed E-state index contributed by atoms with van der Waals surface area (Å²) in [6.07, 6.45) is 2.31. The number of fused-ring (bicyclic) bond motifs is 1. The molecule has 0 spiro atoms. The van der Waals surface area contributed by atoms with E-state index in [9.17, 15) is 4.79 Å². The van der Waals surface area contributed by atoms with Gasteiger partial charge < -0.3 is 4.98 Å². The fraction of sp³-hybridized carbons (Fsp3) is 0.400. The molecule has 2 rings (SSSR count). The highest BCUT2D eigenvalue weighted by molar-refractivity contribution is 7.99. The third kappa shape index (κ3) is 2.41. The van der Waals surface area contributed by atoms with E-state index in [1.807, 2.05) is 11.4 Å². The number of aromatic nitrogens is 2. The molecule has 2 heterocycles. The van der Waals surface area contributed by atoms with E-state index in [-0.39, 0.29) is 5.56 Å². The lowest BCUT2D eigenvalue weighted by Crippen LogP contribution is -2.07. The van der Waals surface area contributed by atoms with Crippen molar-refractivity contribution in [3.63, 3.8) is 0 Å². The number of hydrogen-bond acceptors (Lipinski definition) is 4. The van der Waals surface area contributed by atoms with Crippen LogP contribution in [0.2, 0.25) is 0 Å². The van der Waals surface area contributed by atoms with Crippen LogP contribution in [0.4, 0.5) is 0 Å². The predicted molar refractivity (Wildman–Crippen MR) is 65.9 cm³/mol. The van der Waals surface area contributed by atoms with Crippen LogP contribution in [0.5, 0.6) is 0 Å². The van der Waals surface area contributed by atoms with Gasteiger partial charge in [0.2, 0.25) is 0 Å². The summed E-state index contributed by atoms with van der Waals surface area (Å²) in [4.78, 5) is 19.6. The van der Waals surface area contributed by atoms with E-state index in [2.05, 4.69) is 16.9 Å². The zero-order valence-electron chi connectivity index (χ0n) is 8.45. The smallest absolute Gasteiger partial charge is 0.260 e. The number of unbranched alkanes of at least 4 members (excludes halogenated alkanes) is 1. The van der Waals surface area contributed by atoms with Crippen molar-refractivity contribution in [1.82, 2.24) is 9.97 Å². The van der Waals surface area contributed by atoms with Gasteiger partial charge in [0.05, 0.1) is 5.39 Å². The Balaban J connectivity index is 2.25. The number of hydrogen-bond donors (Lipinski definition) is 1. The lowest BCUT2D eigenvalue weighted by molar-refractivity contribution is 0.889. The predicted octanol–water partition coefficient (Wildman–Crippen LogP) is 2.88. The lowest BCUT2D eigenvalue weighted by Gasteiger charge is -1.98. The maximum atomic E-state index is 11.6. The second kappa shape index (κ2) is 4.81. The van der Waals surface area contributed by atoms with E-state index < -0.39 is 0 Å². The van der Waals surface area contributed by atoms with E-state index >= 15 is 0 Å². The minimum atomic E-state index is -0.0275. The minimum absolute atomic E-state index is 0.0275. The van der Waals surface area contributed by atoms with Crippen molar-refractivity contribution in [2.45, 2.75) is 24.9 Å². The molecular formula is C10H12N2OS2. The van der Waals surface area contributed by atoms with Crippen molar-refractivity contribution in [2.24, 2.45) is 0 Å². The number of H-pyrrole nitrogens is 1. The van der Waals surface area contributed by atoms with Crippen molar-refractivity contribution >= 4 is 33.3 Å². The van der Waals surface area contributed by atoms with E-state index in [1.54, 1.807) is 11.8 Å². The quantitative estimate of drug-likeness (QED) is 0.508. The van der Waals surface area contributed by atoms with Gasteiger partial charge in [-0.25, -0.2) is 4.98 Å². The van der Waals surface area contributed by atoms with Crippen molar-refractivity contribution in [1.29, 1.82) is 0 Å². The number of nitrogens with zero attached hydrogens (tertiary/aromatic N) is 1. The molecule has 0 aliphatic carbocycles. The monoisotopic (exact) mass is 240 g/mol. The SMILES string of the molecule is CCCCSc1nc2sccc2c(=O)[nH]1. The molecule has 0 aromatic carbocycles. The number of thioether (sulfide) groups is 1. The summed E-state index contributed by atoms with van der Waals surface area (Å²) < 4.78 is 0. The average Bonchev–Trinajstić information content (AvgIpc) is 2.66. The summed E-state index contributed by atoms with van der Waals surface area (Å²) in [5.74, 6) is 1.01. The van der Waals surface area contributed by atoms with Crippen LogP contribution >= 0.6 is 23.1 Å². The van der Waals surface area contributed by atoms with E-state index in [0.29, 0.717) is 5.39 Å². The van der Waals surface area contributed by atoms with E-state index in [0.717, 1.165) is 22.2 Å². The second-order valence-electron chi connectivity index (χ2n) is 3.21. The van der Waals surface area contributed by atoms with Gasteiger partial charge in [-0.3, -0.25) is 4.79 Å². The molecule has 15 heavy (non-hydrogen) atoms. The summed E-state index contributed by atoms with van der Waals surface area (Å²) >= 11 is 3.13. The largest absolute Gasteiger partial charge is 0.301 e. The first-order valence-electron chi connectivity index (χ1n) is 4.91. The molecule has 0 atom stereocenters. The lowest BCUT2D eigenvalue weighted by atomic mass is 10.4. The van der Waals surface area contributed by atoms with Gasteiger partial charge >= 0.3 is 0 Å². The van der Waals surface area contributed by atoms with Crippen LogP contribution in [0.15, 0.2) is 21.4 Å². The highest BCUT2D eigenvalue weighted by Crippen LogP contribution is 2.19. The van der Waals surface area contributed by atoms with Crippen molar-refractivity contribution < 1.29 is 0 Å². The molecule has 2 aromatic heterocycles. The molecule has 0 unspecified atom stereocenters. The first-order valence-corrected chi connectivity index (χ1v) is 6.78. The summed E-state index contributed by atoms with van der Waals surface area (Å²) in [6, 6.07) is 1.81. The normalized spacial score (nSPS) is 11.0.